The average Bonchev–Trinajstić information content (AvgIpc) is 2.75. The molecule has 21 heavy (non-hydrogen) atoms. The van der Waals surface area contributed by atoms with Gasteiger partial charge in [-0.25, -0.2) is 5.43 Å². The maximum atomic E-state index is 11.5. The summed E-state index contributed by atoms with van der Waals surface area (Å²) < 4.78 is 11.8. The van der Waals surface area contributed by atoms with Crippen molar-refractivity contribution in [2.45, 2.75) is 0 Å². The molecule has 0 fully saturated rings. The molecule has 1 aromatic heterocycles. The second-order valence-electron chi connectivity index (χ2n) is 3.81. The minimum atomic E-state index is -0.393. The van der Waals surface area contributed by atoms with Gasteiger partial charge in [-0.1, -0.05) is 17.7 Å². The van der Waals surface area contributed by atoms with Crippen molar-refractivity contribution in [2.24, 2.45) is 5.10 Å². The highest BCUT2D eigenvalue weighted by atomic mass is 79.9. The summed E-state index contributed by atoms with van der Waals surface area (Å²) in [4.78, 5) is 11.5. The van der Waals surface area contributed by atoms with Gasteiger partial charge in [-0.2, -0.15) is 5.10 Å². The summed E-state index contributed by atoms with van der Waals surface area (Å²) in [5.74, 6) is 0.612. The SMILES string of the molecule is O=C(COc1cccc(Cl)c1)N/N=C\c1cc(Br)c(Br)o1. The topological polar surface area (TPSA) is 63.8 Å². The number of carbonyl (C=O) groups is 1. The van der Waals surface area contributed by atoms with Crippen LogP contribution in [0.25, 0.3) is 0 Å². The van der Waals surface area contributed by atoms with Crippen molar-refractivity contribution in [1.29, 1.82) is 0 Å². The van der Waals surface area contributed by atoms with Gasteiger partial charge < -0.3 is 9.15 Å². The highest BCUT2D eigenvalue weighted by Crippen LogP contribution is 2.25. The number of ether oxygens (including phenoxy) is 1. The van der Waals surface area contributed by atoms with E-state index in [4.69, 9.17) is 20.8 Å². The summed E-state index contributed by atoms with van der Waals surface area (Å²) >= 11 is 12.3. The third-order valence-electron chi connectivity index (χ3n) is 2.21. The number of rotatable bonds is 5. The molecule has 1 aromatic carbocycles. The molecule has 0 aliphatic heterocycles. The van der Waals surface area contributed by atoms with Crippen molar-refractivity contribution in [2.75, 3.05) is 6.61 Å². The lowest BCUT2D eigenvalue weighted by Crippen LogP contribution is -2.24. The van der Waals surface area contributed by atoms with Gasteiger partial charge in [0.25, 0.3) is 5.91 Å². The minimum absolute atomic E-state index is 0.163. The number of hydrogen-bond donors (Lipinski definition) is 1. The van der Waals surface area contributed by atoms with Crippen molar-refractivity contribution >= 4 is 55.6 Å². The first kappa shape index (κ1) is 16.1. The zero-order valence-electron chi connectivity index (χ0n) is 10.5. The molecule has 0 aliphatic carbocycles. The van der Waals surface area contributed by atoms with Crippen LogP contribution in [0.2, 0.25) is 5.02 Å². The normalized spacial score (nSPS) is 10.8. The Bertz CT molecular complexity index is 654. The molecule has 0 aliphatic rings. The summed E-state index contributed by atoms with van der Waals surface area (Å²) in [7, 11) is 0. The number of amides is 1. The Morgan fingerprint density at radius 1 is 1.43 bits per heavy atom. The number of halogens is 3. The van der Waals surface area contributed by atoms with Gasteiger partial charge in [-0.05, 0) is 50.1 Å². The van der Waals surface area contributed by atoms with Crippen molar-refractivity contribution < 1.29 is 13.9 Å². The van der Waals surface area contributed by atoms with Gasteiger partial charge in [-0.15, -0.1) is 0 Å². The summed E-state index contributed by atoms with van der Waals surface area (Å²) in [6.45, 7) is -0.163. The van der Waals surface area contributed by atoms with Crippen LogP contribution >= 0.6 is 43.5 Å². The minimum Gasteiger partial charge on any atom is -0.484 e. The lowest BCUT2D eigenvalue weighted by Gasteiger charge is -2.04. The van der Waals surface area contributed by atoms with Gasteiger partial charge in [-0.3, -0.25) is 4.79 Å². The van der Waals surface area contributed by atoms with Crippen LogP contribution < -0.4 is 10.2 Å². The molecule has 1 amide bonds. The Labute approximate surface area is 142 Å². The molecule has 8 heteroatoms. The molecule has 110 valence electrons. The van der Waals surface area contributed by atoms with Crippen LogP contribution in [0.5, 0.6) is 5.75 Å². The van der Waals surface area contributed by atoms with Crippen molar-refractivity contribution in [1.82, 2.24) is 5.43 Å². The molecule has 1 N–H and O–H groups in total. The van der Waals surface area contributed by atoms with Crippen molar-refractivity contribution in [3.63, 3.8) is 0 Å². The molecular weight excluding hydrogens is 427 g/mol. The van der Waals surface area contributed by atoms with E-state index in [1.54, 1.807) is 30.3 Å². The second-order valence-corrected chi connectivity index (χ2v) is 5.82. The summed E-state index contributed by atoms with van der Waals surface area (Å²) in [5.41, 5.74) is 2.33. The maximum Gasteiger partial charge on any atom is 0.277 e. The Balaban J connectivity index is 1.79. The molecule has 0 spiro atoms. The largest absolute Gasteiger partial charge is 0.484 e. The van der Waals surface area contributed by atoms with Crippen LogP contribution in [0.1, 0.15) is 5.76 Å². The molecule has 0 radical (unpaired) electrons. The van der Waals surface area contributed by atoms with E-state index in [1.807, 2.05) is 0 Å². The van der Waals surface area contributed by atoms with E-state index >= 15 is 0 Å². The van der Waals surface area contributed by atoms with E-state index in [-0.39, 0.29) is 6.61 Å². The number of nitrogens with one attached hydrogen (secondary N) is 1. The number of benzene rings is 1. The second kappa shape index (κ2) is 7.63. The van der Waals surface area contributed by atoms with E-state index in [9.17, 15) is 4.79 Å². The first-order valence-electron chi connectivity index (χ1n) is 5.69. The van der Waals surface area contributed by atoms with Crippen LogP contribution in [0.3, 0.4) is 0 Å². The average molecular weight is 436 g/mol. The fourth-order valence-corrected chi connectivity index (χ4v) is 2.12. The van der Waals surface area contributed by atoms with Crippen LogP contribution in [0, 0.1) is 0 Å². The van der Waals surface area contributed by atoms with Crippen LogP contribution in [-0.4, -0.2) is 18.7 Å². The number of carbonyl (C=O) groups excluding carboxylic acids is 1. The smallest absolute Gasteiger partial charge is 0.277 e. The molecule has 1 heterocycles. The number of nitrogens with zero attached hydrogens (tertiary/aromatic N) is 1. The molecule has 5 nitrogen and oxygen atoms in total. The number of furan rings is 1. The molecule has 2 aromatic rings. The molecule has 0 unspecified atom stereocenters. The highest BCUT2D eigenvalue weighted by molar-refractivity contribution is 9.13. The Hall–Kier alpha value is -1.31. The quantitative estimate of drug-likeness (QED) is 0.570. The van der Waals surface area contributed by atoms with Gasteiger partial charge >= 0.3 is 0 Å². The van der Waals surface area contributed by atoms with Gasteiger partial charge in [0.1, 0.15) is 11.5 Å². The molecular formula is C13H9Br2ClN2O3. The van der Waals surface area contributed by atoms with Crippen LogP contribution in [-0.2, 0) is 4.79 Å². The van der Waals surface area contributed by atoms with Crippen LogP contribution in [0.4, 0.5) is 0 Å². The van der Waals surface area contributed by atoms with Crippen molar-refractivity contribution in [3.05, 3.63) is 50.3 Å². The number of hydrogen-bond acceptors (Lipinski definition) is 4. The van der Waals surface area contributed by atoms with E-state index in [1.165, 1.54) is 6.21 Å². The fourth-order valence-electron chi connectivity index (χ4n) is 1.33. The molecule has 0 bridgehead atoms. The zero-order valence-corrected chi connectivity index (χ0v) is 14.4. The van der Waals surface area contributed by atoms with Gasteiger partial charge in [0.05, 0.1) is 10.7 Å². The van der Waals surface area contributed by atoms with Crippen molar-refractivity contribution in [3.8, 4) is 5.75 Å². The van der Waals surface area contributed by atoms with E-state index in [0.717, 1.165) is 4.47 Å². The van der Waals surface area contributed by atoms with Crippen LogP contribution in [0.15, 0.2) is 49.0 Å². The molecule has 2 rings (SSSR count). The standard InChI is InChI=1S/C13H9Br2ClN2O3/c14-11-5-10(21-13(11)15)6-17-18-12(19)7-20-9-3-1-2-8(16)4-9/h1-6H,7H2,(H,18,19)/b17-6-. The Morgan fingerprint density at radius 2 is 2.24 bits per heavy atom. The molecule has 0 saturated carbocycles. The summed E-state index contributed by atoms with van der Waals surface area (Å²) in [6, 6.07) is 8.50. The predicted octanol–water partition coefficient (Wildman–Crippen LogP) is 3.99. The number of hydrazone groups is 1. The van der Waals surface area contributed by atoms with Gasteiger partial charge in [0.2, 0.25) is 0 Å². The van der Waals surface area contributed by atoms with Gasteiger partial charge in [0.15, 0.2) is 11.3 Å². The Kier molecular flexibility index (Phi) is 5.84. The monoisotopic (exact) mass is 434 g/mol. The predicted molar refractivity (Wildman–Crippen MR) is 86.8 cm³/mol. The maximum absolute atomic E-state index is 11.5. The van der Waals surface area contributed by atoms with E-state index in [2.05, 4.69) is 42.4 Å². The van der Waals surface area contributed by atoms with Gasteiger partial charge in [0, 0.05) is 11.1 Å². The van der Waals surface area contributed by atoms with E-state index in [0.29, 0.717) is 21.2 Å². The molecule has 0 saturated heterocycles. The highest BCUT2D eigenvalue weighted by Gasteiger charge is 2.04. The Morgan fingerprint density at radius 3 is 2.90 bits per heavy atom. The summed E-state index contributed by atoms with van der Waals surface area (Å²) in [6.07, 6.45) is 1.38. The third kappa shape index (κ3) is 5.18. The molecule has 0 atom stereocenters. The third-order valence-corrected chi connectivity index (χ3v) is 4.16. The lowest BCUT2D eigenvalue weighted by atomic mass is 10.3. The fraction of sp³-hybridized carbons (Fsp3) is 0.0769. The summed E-state index contributed by atoms with van der Waals surface area (Å²) in [5, 5.41) is 4.30. The zero-order chi connectivity index (χ0) is 15.2. The first-order chi connectivity index (χ1) is 10.0. The first-order valence-corrected chi connectivity index (χ1v) is 7.66. The van der Waals surface area contributed by atoms with E-state index < -0.39 is 5.91 Å². The lowest BCUT2D eigenvalue weighted by molar-refractivity contribution is -0.123.